The predicted molar refractivity (Wildman–Crippen MR) is 87.5 cm³/mol. The number of nitrogens with one attached hydrogen (secondary N) is 1. The molecular weight excluding hydrogens is 317 g/mol. The lowest BCUT2D eigenvalue weighted by atomic mass is 10.2. The lowest BCUT2D eigenvalue weighted by Crippen LogP contribution is -2.20. The summed E-state index contributed by atoms with van der Waals surface area (Å²) in [6.45, 7) is 0.324. The number of nitrogens with zero attached hydrogens (tertiary/aromatic N) is 2. The van der Waals surface area contributed by atoms with Gasteiger partial charge in [0.2, 0.25) is 5.91 Å². The van der Waals surface area contributed by atoms with E-state index in [2.05, 4.69) is 10.3 Å². The van der Waals surface area contributed by atoms with E-state index >= 15 is 0 Å². The maximum atomic E-state index is 12.8. The van der Waals surface area contributed by atoms with Crippen molar-refractivity contribution in [2.45, 2.75) is 6.54 Å². The van der Waals surface area contributed by atoms with Crippen LogP contribution < -0.4 is 5.32 Å². The quantitative estimate of drug-likeness (QED) is 0.745. The van der Waals surface area contributed by atoms with Gasteiger partial charge in [0, 0.05) is 18.8 Å². The summed E-state index contributed by atoms with van der Waals surface area (Å²) in [6, 6.07) is 11.5. The van der Waals surface area contributed by atoms with Gasteiger partial charge in [-0.05, 0) is 35.9 Å². The predicted octanol–water partition coefficient (Wildman–Crippen LogP) is 3.46. The molecule has 0 unspecified atom stereocenters. The largest absolute Gasteiger partial charge is 0.348 e. The fourth-order valence-electron chi connectivity index (χ4n) is 2.14. The van der Waals surface area contributed by atoms with E-state index in [0.717, 1.165) is 5.56 Å². The van der Waals surface area contributed by atoms with Gasteiger partial charge in [0.25, 0.3) is 0 Å². The van der Waals surface area contributed by atoms with Gasteiger partial charge < -0.3 is 5.32 Å². The Morgan fingerprint density at radius 2 is 2.04 bits per heavy atom. The summed E-state index contributed by atoms with van der Waals surface area (Å²) < 4.78 is 14.6. The summed E-state index contributed by atoms with van der Waals surface area (Å²) in [5.41, 5.74) is 2.17. The van der Waals surface area contributed by atoms with E-state index < -0.39 is 0 Å². The lowest BCUT2D eigenvalue weighted by molar-refractivity contribution is -0.116. The van der Waals surface area contributed by atoms with E-state index in [9.17, 15) is 9.18 Å². The summed E-state index contributed by atoms with van der Waals surface area (Å²) >= 11 is 6.09. The maximum absolute atomic E-state index is 12.8. The summed E-state index contributed by atoms with van der Waals surface area (Å²) in [5.74, 6) is -0.571. The fourth-order valence-corrected chi connectivity index (χ4v) is 2.38. The van der Waals surface area contributed by atoms with E-state index in [0.29, 0.717) is 23.0 Å². The molecule has 6 heteroatoms. The van der Waals surface area contributed by atoms with Crippen molar-refractivity contribution in [1.29, 1.82) is 0 Å². The zero-order valence-corrected chi connectivity index (χ0v) is 12.8. The highest BCUT2D eigenvalue weighted by atomic mass is 35.5. The second-order valence-corrected chi connectivity index (χ2v) is 5.25. The maximum Gasteiger partial charge on any atom is 0.244 e. The number of rotatable bonds is 4. The van der Waals surface area contributed by atoms with Crippen molar-refractivity contribution in [1.82, 2.24) is 14.7 Å². The monoisotopic (exact) mass is 329 g/mol. The second kappa shape index (κ2) is 6.62. The minimum Gasteiger partial charge on any atom is -0.348 e. The topological polar surface area (TPSA) is 46.4 Å². The van der Waals surface area contributed by atoms with E-state index in [4.69, 9.17) is 11.6 Å². The van der Waals surface area contributed by atoms with Crippen LogP contribution in [0.5, 0.6) is 0 Å². The third-order valence-corrected chi connectivity index (χ3v) is 3.57. The first-order valence-corrected chi connectivity index (χ1v) is 7.34. The van der Waals surface area contributed by atoms with Crippen LogP contribution >= 0.6 is 11.6 Å². The molecule has 0 fully saturated rings. The van der Waals surface area contributed by atoms with Crippen LogP contribution in [0.4, 0.5) is 4.39 Å². The molecule has 0 atom stereocenters. The van der Waals surface area contributed by atoms with Gasteiger partial charge in [0.15, 0.2) is 5.15 Å². The second-order valence-electron chi connectivity index (χ2n) is 4.89. The molecule has 0 bridgehead atoms. The van der Waals surface area contributed by atoms with Gasteiger partial charge >= 0.3 is 0 Å². The SMILES string of the molecule is O=C(/C=C/c1c(Cl)nc2ccccn12)NCc1ccc(F)cc1. The number of carbonyl (C=O) groups excluding carboxylic acids is 1. The zero-order chi connectivity index (χ0) is 16.2. The third-order valence-electron chi connectivity index (χ3n) is 3.29. The molecule has 0 aliphatic heterocycles. The summed E-state index contributed by atoms with van der Waals surface area (Å²) in [4.78, 5) is 16.1. The highest BCUT2D eigenvalue weighted by molar-refractivity contribution is 6.31. The minimum atomic E-state index is -0.303. The number of amides is 1. The van der Waals surface area contributed by atoms with Gasteiger partial charge in [-0.2, -0.15) is 0 Å². The molecule has 116 valence electrons. The number of imidazole rings is 1. The Kier molecular flexibility index (Phi) is 4.39. The van der Waals surface area contributed by atoms with Gasteiger partial charge in [-0.15, -0.1) is 0 Å². The molecule has 4 nitrogen and oxygen atoms in total. The van der Waals surface area contributed by atoms with Crippen LogP contribution in [0.15, 0.2) is 54.7 Å². The molecule has 1 amide bonds. The Morgan fingerprint density at radius 1 is 1.26 bits per heavy atom. The average molecular weight is 330 g/mol. The van der Waals surface area contributed by atoms with E-state index in [1.165, 1.54) is 18.2 Å². The molecule has 0 saturated heterocycles. The molecule has 3 aromatic rings. The fraction of sp³-hybridized carbons (Fsp3) is 0.0588. The van der Waals surface area contributed by atoms with Crippen molar-refractivity contribution >= 4 is 29.2 Å². The Labute approximate surface area is 137 Å². The average Bonchev–Trinajstić information content (AvgIpc) is 2.87. The van der Waals surface area contributed by atoms with Crippen LogP contribution in [0.3, 0.4) is 0 Å². The van der Waals surface area contributed by atoms with Crippen LogP contribution in [0.25, 0.3) is 11.7 Å². The number of hydrogen-bond acceptors (Lipinski definition) is 2. The highest BCUT2D eigenvalue weighted by Gasteiger charge is 2.07. The Hall–Kier alpha value is -2.66. The number of benzene rings is 1. The van der Waals surface area contributed by atoms with Crippen LogP contribution in [0, 0.1) is 5.82 Å². The molecule has 1 aromatic carbocycles. The van der Waals surface area contributed by atoms with E-state index in [1.54, 1.807) is 22.6 Å². The first-order valence-electron chi connectivity index (χ1n) is 6.96. The summed E-state index contributed by atoms with van der Waals surface area (Å²) in [5, 5.41) is 3.06. The van der Waals surface area contributed by atoms with Crippen molar-refractivity contribution in [3.63, 3.8) is 0 Å². The van der Waals surface area contributed by atoms with Crippen molar-refractivity contribution < 1.29 is 9.18 Å². The summed E-state index contributed by atoms with van der Waals surface area (Å²) in [6.07, 6.45) is 4.83. The molecule has 1 N–H and O–H groups in total. The van der Waals surface area contributed by atoms with Gasteiger partial charge in [0.1, 0.15) is 11.5 Å². The summed E-state index contributed by atoms with van der Waals surface area (Å²) in [7, 11) is 0. The number of aromatic nitrogens is 2. The van der Waals surface area contributed by atoms with Crippen LogP contribution in [0.2, 0.25) is 5.15 Å². The van der Waals surface area contributed by atoms with Crippen molar-refractivity contribution in [2.24, 2.45) is 0 Å². The number of fused-ring (bicyclic) bond motifs is 1. The Balaban J connectivity index is 1.68. The van der Waals surface area contributed by atoms with Crippen molar-refractivity contribution in [2.75, 3.05) is 0 Å². The normalized spacial score (nSPS) is 11.2. The van der Waals surface area contributed by atoms with Crippen LogP contribution in [-0.4, -0.2) is 15.3 Å². The molecule has 0 radical (unpaired) electrons. The van der Waals surface area contributed by atoms with E-state index in [1.807, 2.05) is 24.4 Å². The Bertz CT molecular complexity index is 871. The van der Waals surface area contributed by atoms with E-state index in [-0.39, 0.29) is 11.7 Å². The molecule has 0 spiro atoms. The zero-order valence-electron chi connectivity index (χ0n) is 12.0. The molecule has 0 aliphatic carbocycles. The van der Waals surface area contributed by atoms with Gasteiger partial charge in [-0.3, -0.25) is 9.20 Å². The Morgan fingerprint density at radius 3 is 2.83 bits per heavy atom. The van der Waals surface area contributed by atoms with Crippen molar-refractivity contribution in [3.8, 4) is 0 Å². The smallest absolute Gasteiger partial charge is 0.244 e. The lowest BCUT2D eigenvalue weighted by Gasteiger charge is -2.02. The molecule has 0 aliphatic rings. The number of hydrogen-bond donors (Lipinski definition) is 1. The molecule has 0 saturated carbocycles. The first kappa shape index (κ1) is 15.2. The van der Waals surface area contributed by atoms with Crippen molar-refractivity contribution in [3.05, 3.63) is 77.0 Å². The molecule has 2 heterocycles. The molecular formula is C17H13ClFN3O. The molecule has 23 heavy (non-hydrogen) atoms. The van der Waals surface area contributed by atoms with Gasteiger partial charge in [-0.25, -0.2) is 9.37 Å². The molecule has 3 rings (SSSR count). The minimum absolute atomic E-state index is 0.267. The molecule has 2 aromatic heterocycles. The van der Waals surface area contributed by atoms with Crippen LogP contribution in [0.1, 0.15) is 11.3 Å². The number of pyridine rings is 1. The standard InChI is InChI=1S/C17H13ClFN3O/c18-17-14(22-10-2-1-3-15(22)21-17)8-9-16(23)20-11-12-4-6-13(19)7-5-12/h1-10H,11H2,(H,20,23)/b9-8+. The van der Waals surface area contributed by atoms with Gasteiger partial charge in [0.05, 0.1) is 5.69 Å². The van der Waals surface area contributed by atoms with Crippen LogP contribution in [-0.2, 0) is 11.3 Å². The third kappa shape index (κ3) is 3.57. The highest BCUT2D eigenvalue weighted by Crippen LogP contribution is 2.18. The number of halogens is 2. The van der Waals surface area contributed by atoms with Gasteiger partial charge in [-0.1, -0.05) is 29.8 Å². The first-order chi connectivity index (χ1) is 11.1. The number of carbonyl (C=O) groups is 1.